The molecule has 0 aliphatic carbocycles. The van der Waals surface area contributed by atoms with Gasteiger partial charge in [0, 0.05) is 7.05 Å². The van der Waals surface area contributed by atoms with Crippen LogP contribution in [0, 0.1) is 0 Å². The van der Waals surface area contributed by atoms with Crippen LogP contribution in [0.2, 0.25) is 0 Å². The third-order valence-electron chi connectivity index (χ3n) is 2.67. The molecule has 5 heteroatoms. The van der Waals surface area contributed by atoms with Gasteiger partial charge in [-0.15, -0.1) is 0 Å². The minimum Gasteiger partial charge on any atom is -0.350 e. The van der Waals surface area contributed by atoms with E-state index in [1.165, 1.54) is 0 Å². The number of benzene rings is 1. The Hall–Kier alpha value is -1.62. The Morgan fingerprint density at radius 2 is 2.11 bits per heavy atom. The zero-order chi connectivity index (χ0) is 13.0. The van der Waals surface area contributed by atoms with Crippen molar-refractivity contribution >= 4 is 21.8 Å². The fraction of sp³-hybridized carbons (Fsp3) is 0.231. The molecule has 0 unspecified atom stereocenters. The Labute approximate surface area is 114 Å². The van der Waals surface area contributed by atoms with Crippen molar-refractivity contribution in [3.8, 4) is 0 Å². The van der Waals surface area contributed by atoms with E-state index in [4.69, 9.17) is 0 Å². The van der Waals surface area contributed by atoms with E-state index in [1.807, 2.05) is 37.4 Å². The van der Waals surface area contributed by atoms with Crippen LogP contribution in [0.25, 0.3) is 0 Å². The number of hydrogen-bond donors (Lipinski definition) is 1. The van der Waals surface area contributed by atoms with Crippen LogP contribution in [0.4, 0.5) is 0 Å². The first-order chi connectivity index (χ1) is 8.66. The molecule has 1 aromatic carbocycles. The van der Waals surface area contributed by atoms with E-state index in [2.05, 4.69) is 26.3 Å². The molecule has 94 valence electrons. The quantitative estimate of drug-likeness (QED) is 0.939. The lowest BCUT2D eigenvalue weighted by molar-refractivity contribution is -0.120. The van der Waals surface area contributed by atoms with Gasteiger partial charge in [-0.3, -0.25) is 9.48 Å². The van der Waals surface area contributed by atoms with Crippen molar-refractivity contribution in [3.63, 3.8) is 0 Å². The summed E-state index contributed by atoms with van der Waals surface area (Å²) in [4.78, 5) is 11.8. The van der Waals surface area contributed by atoms with E-state index >= 15 is 0 Å². The van der Waals surface area contributed by atoms with E-state index in [0.717, 1.165) is 15.7 Å². The van der Waals surface area contributed by atoms with Crippen LogP contribution >= 0.6 is 15.9 Å². The maximum absolute atomic E-state index is 11.8. The van der Waals surface area contributed by atoms with Gasteiger partial charge >= 0.3 is 0 Å². The first-order valence-corrected chi connectivity index (χ1v) is 6.43. The van der Waals surface area contributed by atoms with E-state index in [9.17, 15) is 4.79 Å². The number of halogens is 1. The zero-order valence-corrected chi connectivity index (χ0v) is 11.6. The number of hydrogen-bond acceptors (Lipinski definition) is 2. The Balaban J connectivity index is 1.89. The van der Waals surface area contributed by atoms with Crippen molar-refractivity contribution in [1.82, 2.24) is 15.1 Å². The number of amides is 1. The van der Waals surface area contributed by atoms with E-state index < -0.39 is 0 Å². The summed E-state index contributed by atoms with van der Waals surface area (Å²) in [7, 11) is 1.85. The van der Waals surface area contributed by atoms with Crippen molar-refractivity contribution in [2.24, 2.45) is 7.05 Å². The Morgan fingerprint density at radius 3 is 2.72 bits per heavy atom. The smallest absolute Gasteiger partial charge is 0.224 e. The molecule has 0 saturated heterocycles. The second-order valence-corrected chi connectivity index (χ2v) is 4.86. The number of nitrogens with zero attached hydrogens (tertiary/aromatic N) is 2. The van der Waals surface area contributed by atoms with Gasteiger partial charge in [0.1, 0.15) is 0 Å². The molecule has 1 amide bonds. The molecular formula is C13H14BrN3O. The average Bonchev–Trinajstić information content (AvgIpc) is 2.68. The van der Waals surface area contributed by atoms with Gasteiger partial charge in [0.05, 0.1) is 29.3 Å². The summed E-state index contributed by atoms with van der Waals surface area (Å²) in [6.07, 6.45) is 2.12. The molecule has 1 N–H and O–H groups in total. The van der Waals surface area contributed by atoms with Gasteiger partial charge in [0.25, 0.3) is 0 Å². The Kier molecular flexibility index (Phi) is 4.15. The van der Waals surface area contributed by atoms with Crippen LogP contribution in [0.5, 0.6) is 0 Å². The van der Waals surface area contributed by atoms with E-state index in [-0.39, 0.29) is 5.91 Å². The summed E-state index contributed by atoms with van der Waals surface area (Å²) >= 11 is 3.40. The molecule has 0 atom stereocenters. The molecule has 0 aliphatic rings. The van der Waals surface area contributed by atoms with Crippen LogP contribution in [0.1, 0.15) is 11.3 Å². The molecule has 0 saturated carbocycles. The molecule has 4 nitrogen and oxygen atoms in total. The van der Waals surface area contributed by atoms with Crippen molar-refractivity contribution in [2.75, 3.05) is 0 Å². The standard InChI is InChI=1S/C13H14BrN3O/c1-17-12(11(14)8-16-17)9-15-13(18)7-10-5-3-2-4-6-10/h2-6,8H,7,9H2,1H3,(H,15,18). The summed E-state index contributed by atoms with van der Waals surface area (Å²) in [5.41, 5.74) is 1.97. The predicted octanol–water partition coefficient (Wildman–Crippen LogP) is 2.04. The van der Waals surface area contributed by atoms with Crippen LogP contribution in [-0.4, -0.2) is 15.7 Å². The number of rotatable bonds is 4. The number of carbonyl (C=O) groups excluding carboxylic acids is 1. The largest absolute Gasteiger partial charge is 0.350 e. The molecule has 1 heterocycles. The van der Waals surface area contributed by atoms with Gasteiger partial charge in [-0.05, 0) is 21.5 Å². The van der Waals surface area contributed by atoms with Crippen molar-refractivity contribution in [2.45, 2.75) is 13.0 Å². The maximum atomic E-state index is 11.8. The summed E-state index contributed by atoms with van der Waals surface area (Å²) in [6.45, 7) is 0.475. The normalized spacial score (nSPS) is 10.3. The van der Waals surface area contributed by atoms with Crippen LogP contribution in [0.15, 0.2) is 41.0 Å². The van der Waals surface area contributed by atoms with Gasteiger partial charge in [-0.1, -0.05) is 30.3 Å². The van der Waals surface area contributed by atoms with Crippen molar-refractivity contribution < 1.29 is 4.79 Å². The van der Waals surface area contributed by atoms with Crippen molar-refractivity contribution in [3.05, 3.63) is 52.3 Å². The highest BCUT2D eigenvalue weighted by molar-refractivity contribution is 9.10. The topological polar surface area (TPSA) is 46.9 Å². The molecule has 18 heavy (non-hydrogen) atoms. The minimum absolute atomic E-state index is 0.00861. The Bertz CT molecular complexity index is 517. The summed E-state index contributed by atoms with van der Waals surface area (Å²) in [5, 5.41) is 6.98. The molecule has 0 bridgehead atoms. The lowest BCUT2D eigenvalue weighted by Crippen LogP contribution is -2.25. The first kappa shape index (κ1) is 12.8. The first-order valence-electron chi connectivity index (χ1n) is 5.64. The summed E-state index contributed by atoms with van der Waals surface area (Å²) in [6, 6.07) is 9.69. The number of aryl methyl sites for hydroxylation is 1. The average molecular weight is 308 g/mol. The molecule has 1 aromatic heterocycles. The molecule has 0 spiro atoms. The molecule has 0 aliphatic heterocycles. The van der Waals surface area contributed by atoms with Crippen molar-refractivity contribution in [1.29, 1.82) is 0 Å². The van der Waals surface area contributed by atoms with E-state index in [0.29, 0.717) is 13.0 Å². The summed E-state index contributed by atoms with van der Waals surface area (Å²) < 4.78 is 2.65. The lowest BCUT2D eigenvalue weighted by Gasteiger charge is -2.06. The van der Waals surface area contributed by atoms with Gasteiger partial charge < -0.3 is 5.32 Å². The minimum atomic E-state index is 0.00861. The third kappa shape index (κ3) is 3.20. The highest BCUT2D eigenvalue weighted by Gasteiger charge is 2.08. The fourth-order valence-electron chi connectivity index (χ4n) is 1.66. The summed E-state index contributed by atoms with van der Waals surface area (Å²) in [5.74, 6) is 0.00861. The predicted molar refractivity (Wildman–Crippen MR) is 72.9 cm³/mol. The fourth-order valence-corrected chi connectivity index (χ4v) is 2.15. The lowest BCUT2D eigenvalue weighted by atomic mass is 10.1. The number of nitrogens with one attached hydrogen (secondary N) is 1. The van der Waals surface area contributed by atoms with Gasteiger partial charge in [0.2, 0.25) is 5.91 Å². The van der Waals surface area contributed by atoms with Gasteiger partial charge in [0.15, 0.2) is 0 Å². The van der Waals surface area contributed by atoms with Gasteiger partial charge in [-0.2, -0.15) is 5.10 Å². The van der Waals surface area contributed by atoms with Crippen LogP contribution in [-0.2, 0) is 24.8 Å². The maximum Gasteiger partial charge on any atom is 0.224 e. The molecular weight excluding hydrogens is 294 g/mol. The number of aromatic nitrogens is 2. The Morgan fingerprint density at radius 1 is 1.39 bits per heavy atom. The monoisotopic (exact) mass is 307 g/mol. The van der Waals surface area contributed by atoms with Gasteiger partial charge in [-0.25, -0.2) is 0 Å². The molecule has 0 fully saturated rings. The van der Waals surface area contributed by atoms with Crippen LogP contribution < -0.4 is 5.32 Å². The molecule has 0 radical (unpaired) electrons. The highest BCUT2D eigenvalue weighted by Crippen LogP contribution is 2.14. The molecule has 2 rings (SSSR count). The van der Waals surface area contributed by atoms with Crippen LogP contribution in [0.3, 0.4) is 0 Å². The molecule has 2 aromatic rings. The van der Waals surface area contributed by atoms with E-state index in [1.54, 1.807) is 10.9 Å². The second kappa shape index (κ2) is 5.82. The SMILES string of the molecule is Cn1ncc(Br)c1CNC(=O)Cc1ccccc1. The highest BCUT2D eigenvalue weighted by atomic mass is 79.9. The zero-order valence-electron chi connectivity index (χ0n) is 10.1. The third-order valence-corrected chi connectivity index (χ3v) is 3.33. The second-order valence-electron chi connectivity index (χ2n) is 4.00. The number of carbonyl (C=O) groups is 1.